The van der Waals surface area contributed by atoms with Gasteiger partial charge in [0.25, 0.3) is 0 Å². The van der Waals surface area contributed by atoms with E-state index in [0.29, 0.717) is 12.0 Å². The minimum absolute atomic E-state index is 0.440. The van der Waals surface area contributed by atoms with E-state index >= 15 is 0 Å². The second-order valence-corrected chi connectivity index (χ2v) is 7.87. The molecule has 2 fully saturated rings. The monoisotopic (exact) mass is 387 g/mol. The molecule has 2 aliphatic rings. The molecular formula is C22H25N7. The number of hydrogen-bond donors (Lipinski definition) is 3. The van der Waals surface area contributed by atoms with Gasteiger partial charge < -0.3 is 16.0 Å². The minimum atomic E-state index is 0.440. The number of rotatable bonds is 6. The Labute approximate surface area is 170 Å². The zero-order valence-corrected chi connectivity index (χ0v) is 16.4. The molecule has 0 aromatic carbocycles. The lowest BCUT2D eigenvalue weighted by atomic mass is 10.1. The summed E-state index contributed by atoms with van der Waals surface area (Å²) in [5, 5.41) is 11.2. The highest BCUT2D eigenvalue weighted by Gasteiger charge is 2.24. The van der Waals surface area contributed by atoms with Crippen LogP contribution in [0.2, 0.25) is 0 Å². The maximum absolute atomic E-state index is 4.77. The molecule has 1 aliphatic carbocycles. The molecule has 4 heterocycles. The molecule has 29 heavy (non-hydrogen) atoms. The third-order valence-electron chi connectivity index (χ3n) is 5.55. The van der Waals surface area contributed by atoms with Gasteiger partial charge >= 0.3 is 0 Å². The van der Waals surface area contributed by atoms with Crippen LogP contribution in [0.25, 0.3) is 22.2 Å². The number of anilines is 2. The van der Waals surface area contributed by atoms with Crippen LogP contribution in [0.4, 0.5) is 11.6 Å². The fourth-order valence-corrected chi connectivity index (χ4v) is 3.69. The van der Waals surface area contributed by atoms with E-state index in [2.05, 4.69) is 43.5 Å². The topological polar surface area (TPSA) is 87.7 Å². The van der Waals surface area contributed by atoms with Crippen molar-refractivity contribution in [3.8, 4) is 11.3 Å². The fourth-order valence-electron chi connectivity index (χ4n) is 3.69. The lowest BCUT2D eigenvalue weighted by Crippen LogP contribution is -2.35. The molecule has 0 spiro atoms. The lowest BCUT2D eigenvalue weighted by molar-refractivity contribution is 0.478. The molecule has 7 heteroatoms. The third-order valence-corrected chi connectivity index (χ3v) is 5.55. The van der Waals surface area contributed by atoms with Crippen molar-refractivity contribution in [3.05, 3.63) is 49.2 Å². The van der Waals surface area contributed by atoms with Crippen molar-refractivity contribution >= 4 is 22.5 Å². The molecule has 3 aromatic heterocycles. The molecule has 0 atom stereocenters. The first-order valence-electron chi connectivity index (χ1n) is 10.3. The van der Waals surface area contributed by atoms with Gasteiger partial charge in [-0.15, -0.1) is 0 Å². The van der Waals surface area contributed by atoms with Crippen molar-refractivity contribution in [2.24, 2.45) is 5.92 Å². The second kappa shape index (κ2) is 7.75. The van der Waals surface area contributed by atoms with Gasteiger partial charge in [0.1, 0.15) is 11.6 Å². The third kappa shape index (κ3) is 4.19. The summed E-state index contributed by atoms with van der Waals surface area (Å²) >= 11 is 0. The van der Waals surface area contributed by atoms with Crippen LogP contribution >= 0.6 is 0 Å². The molecule has 3 aromatic rings. The summed E-state index contributed by atoms with van der Waals surface area (Å²) < 4.78 is 0. The maximum atomic E-state index is 4.77. The molecule has 1 saturated carbocycles. The summed E-state index contributed by atoms with van der Waals surface area (Å²) in [7, 11) is 0. The van der Waals surface area contributed by atoms with Crippen LogP contribution in [0.3, 0.4) is 0 Å². The van der Waals surface area contributed by atoms with Crippen LogP contribution in [0, 0.1) is 5.92 Å². The predicted molar refractivity (Wildman–Crippen MR) is 116 cm³/mol. The Morgan fingerprint density at radius 1 is 0.966 bits per heavy atom. The van der Waals surface area contributed by atoms with E-state index in [1.54, 1.807) is 18.6 Å². The molecule has 148 valence electrons. The zero-order valence-electron chi connectivity index (χ0n) is 16.4. The zero-order chi connectivity index (χ0) is 19.6. The number of nitrogens with zero attached hydrogens (tertiary/aromatic N) is 4. The van der Waals surface area contributed by atoms with Crippen LogP contribution < -0.4 is 16.0 Å². The smallest absolute Gasteiger partial charge is 0.145 e. The molecule has 3 N–H and O–H groups in total. The quantitative estimate of drug-likeness (QED) is 0.596. The van der Waals surface area contributed by atoms with E-state index in [1.165, 1.54) is 12.8 Å². The van der Waals surface area contributed by atoms with Crippen LogP contribution in [-0.4, -0.2) is 39.1 Å². The minimum Gasteiger partial charge on any atom is -0.366 e. The maximum Gasteiger partial charge on any atom is 0.145 e. The Bertz CT molecular complexity index is 1040. The number of hydrogen-bond acceptors (Lipinski definition) is 7. The molecule has 1 saturated heterocycles. The van der Waals surface area contributed by atoms with Crippen LogP contribution in [0.5, 0.6) is 0 Å². The van der Waals surface area contributed by atoms with Crippen molar-refractivity contribution in [1.82, 2.24) is 25.3 Å². The van der Waals surface area contributed by atoms with E-state index in [1.807, 2.05) is 12.3 Å². The van der Waals surface area contributed by atoms with Gasteiger partial charge in [0.2, 0.25) is 0 Å². The first-order chi connectivity index (χ1) is 14.2. The van der Waals surface area contributed by atoms with Gasteiger partial charge in [-0.2, -0.15) is 0 Å². The van der Waals surface area contributed by atoms with Gasteiger partial charge in [-0.1, -0.05) is 6.58 Å². The van der Waals surface area contributed by atoms with E-state index in [0.717, 1.165) is 65.4 Å². The van der Waals surface area contributed by atoms with E-state index in [9.17, 15) is 0 Å². The average molecular weight is 387 g/mol. The SMILES string of the molecule is C=C(Nc1cc2cc(-c3cncc(NC4CCNCC4)n3)cnc2cn1)C1CC1. The summed E-state index contributed by atoms with van der Waals surface area (Å²) in [4.78, 5) is 18.2. The first kappa shape index (κ1) is 18.0. The Morgan fingerprint density at radius 2 is 1.83 bits per heavy atom. The van der Waals surface area contributed by atoms with Gasteiger partial charge in [-0.3, -0.25) is 9.97 Å². The average Bonchev–Trinajstić information content (AvgIpc) is 3.60. The van der Waals surface area contributed by atoms with Gasteiger partial charge in [0, 0.05) is 28.9 Å². The van der Waals surface area contributed by atoms with Gasteiger partial charge in [-0.05, 0) is 56.8 Å². The summed E-state index contributed by atoms with van der Waals surface area (Å²) in [6.45, 7) is 6.20. The van der Waals surface area contributed by atoms with Crippen molar-refractivity contribution in [1.29, 1.82) is 0 Å². The lowest BCUT2D eigenvalue weighted by Gasteiger charge is -2.24. The van der Waals surface area contributed by atoms with E-state index in [-0.39, 0.29) is 0 Å². The normalized spacial score (nSPS) is 17.2. The standard InChI is InChI=1S/C22H25N7/c1-14(15-2-3-15)27-21-9-16-8-17(10-25-19(16)12-26-21)20-11-24-13-22(29-20)28-18-4-6-23-7-5-18/h8-13,15,18,23H,1-7H2,(H,26,27)(H,28,29). The van der Waals surface area contributed by atoms with Crippen LogP contribution in [-0.2, 0) is 0 Å². The van der Waals surface area contributed by atoms with Crippen molar-refractivity contribution < 1.29 is 0 Å². The largest absolute Gasteiger partial charge is 0.366 e. The molecule has 0 bridgehead atoms. The summed E-state index contributed by atoms with van der Waals surface area (Å²) in [6.07, 6.45) is 11.8. The number of allylic oxidation sites excluding steroid dienone is 1. The molecular weight excluding hydrogens is 362 g/mol. The molecule has 7 nitrogen and oxygen atoms in total. The number of piperidine rings is 1. The summed E-state index contributed by atoms with van der Waals surface area (Å²) in [5.41, 5.74) is 3.65. The first-order valence-corrected chi connectivity index (χ1v) is 10.3. The van der Waals surface area contributed by atoms with Crippen LogP contribution in [0.15, 0.2) is 49.2 Å². The van der Waals surface area contributed by atoms with Crippen molar-refractivity contribution in [3.63, 3.8) is 0 Å². The molecule has 5 rings (SSSR count). The molecule has 0 radical (unpaired) electrons. The molecule has 0 amide bonds. The number of fused-ring (bicyclic) bond motifs is 1. The highest BCUT2D eigenvalue weighted by molar-refractivity contribution is 5.84. The number of pyridine rings is 2. The fraction of sp³-hybridized carbons (Fsp3) is 0.364. The van der Waals surface area contributed by atoms with Crippen LogP contribution in [0.1, 0.15) is 25.7 Å². The van der Waals surface area contributed by atoms with Crippen molar-refractivity contribution in [2.75, 3.05) is 23.7 Å². The predicted octanol–water partition coefficient (Wildman–Crippen LogP) is 3.59. The summed E-state index contributed by atoms with van der Waals surface area (Å²) in [6, 6.07) is 4.55. The highest BCUT2D eigenvalue weighted by Crippen LogP contribution is 2.35. The molecule has 0 unspecified atom stereocenters. The Kier molecular flexibility index (Phi) is 4.81. The van der Waals surface area contributed by atoms with Crippen molar-refractivity contribution in [2.45, 2.75) is 31.7 Å². The van der Waals surface area contributed by atoms with E-state index < -0.39 is 0 Å². The Hall–Kier alpha value is -3.06. The second-order valence-electron chi connectivity index (χ2n) is 7.87. The van der Waals surface area contributed by atoms with Gasteiger partial charge in [-0.25, -0.2) is 9.97 Å². The Balaban J connectivity index is 1.38. The van der Waals surface area contributed by atoms with E-state index in [4.69, 9.17) is 4.98 Å². The Morgan fingerprint density at radius 3 is 2.66 bits per heavy atom. The van der Waals surface area contributed by atoms with Gasteiger partial charge in [0.15, 0.2) is 0 Å². The summed E-state index contributed by atoms with van der Waals surface area (Å²) in [5.74, 6) is 2.20. The highest BCUT2D eigenvalue weighted by atomic mass is 15.1. The molecule has 1 aliphatic heterocycles. The number of nitrogens with one attached hydrogen (secondary N) is 3. The van der Waals surface area contributed by atoms with Gasteiger partial charge in [0.05, 0.1) is 29.8 Å². The number of aromatic nitrogens is 4.